The third-order valence-electron chi connectivity index (χ3n) is 1.82. The van der Waals surface area contributed by atoms with E-state index in [0.717, 1.165) is 6.42 Å². The highest BCUT2D eigenvalue weighted by Gasteiger charge is 2.34. The molecule has 0 heterocycles. The molecule has 0 aromatic carbocycles. The van der Waals surface area contributed by atoms with E-state index >= 15 is 0 Å². The molecule has 0 aliphatic rings. The van der Waals surface area contributed by atoms with Gasteiger partial charge in [-0.15, -0.1) is 0 Å². The van der Waals surface area contributed by atoms with Crippen LogP contribution in [0.1, 0.15) is 54.9 Å². The molecular weight excluding hydrogens is 192 g/mol. The largest absolute Gasteiger partial charge is 0.458 e. The fourth-order valence-corrected chi connectivity index (χ4v) is 1.69. The summed E-state index contributed by atoms with van der Waals surface area (Å²) in [4.78, 5) is 11.5. The molecule has 0 rings (SSSR count). The van der Waals surface area contributed by atoms with E-state index in [0.29, 0.717) is 0 Å². The molecule has 0 aliphatic heterocycles. The van der Waals surface area contributed by atoms with Gasteiger partial charge in [0, 0.05) is 0 Å². The molecule has 0 saturated carbocycles. The van der Waals surface area contributed by atoms with Gasteiger partial charge in [-0.3, -0.25) is 0 Å². The molecule has 0 aromatic rings. The highest BCUT2D eigenvalue weighted by molar-refractivity contribution is 5.78. The Morgan fingerprint density at radius 3 is 1.73 bits per heavy atom. The van der Waals surface area contributed by atoms with E-state index in [-0.39, 0.29) is 5.41 Å². The second-order valence-corrected chi connectivity index (χ2v) is 6.45. The quantitative estimate of drug-likeness (QED) is 0.737. The van der Waals surface area contributed by atoms with Crippen molar-refractivity contribution >= 4 is 5.97 Å². The Kier molecular flexibility index (Phi) is 3.97. The Balaban J connectivity index is 4.46. The molecule has 0 fully saturated rings. The highest BCUT2D eigenvalue weighted by atomic mass is 16.6. The topological polar surface area (TPSA) is 46.5 Å². The van der Waals surface area contributed by atoms with Crippen LogP contribution in [0.5, 0.6) is 0 Å². The van der Waals surface area contributed by atoms with Gasteiger partial charge in [-0.2, -0.15) is 0 Å². The molecular formula is C12H24O3. The van der Waals surface area contributed by atoms with Crippen molar-refractivity contribution in [2.75, 3.05) is 0 Å². The maximum Gasteiger partial charge on any atom is 0.338 e. The van der Waals surface area contributed by atoms with E-state index in [9.17, 15) is 9.90 Å². The van der Waals surface area contributed by atoms with E-state index in [1.54, 1.807) is 0 Å². The maximum absolute atomic E-state index is 11.5. The fraction of sp³-hybridized carbons (Fsp3) is 0.917. The van der Waals surface area contributed by atoms with Crippen LogP contribution in [-0.2, 0) is 9.53 Å². The second kappa shape index (κ2) is 4.12. The summed E-state index contributed by atoms with van der Waals surface area (Å²) in [6.45, 7) is 12.9. The van der Waals surface area contributed by atoms with Crippen molar-refractivity contribution in [1.82, 2.24) is 0 Å². The molecule has 0 amide bonds. The molecule has 0 unspecified atom stereocenters. The van der Waals surface area contributed by atoms with Gasteiger partial charge in [0.1, 0.15) is 5.60 Å². The van der Waals surface area contributed by atoms with Gasteiger partial charge in [0.2, 0.25) is 0 Å². The summed E-state index contributed by atoms with van der Waals surface area (Å²) < 4.78 is 5.29. The fourth-order valence-electron chi connectivity index (χ4n) is 1.69. The number of ether oxygens (including phenoxy) is 1. The number of carbonyl (C=O) groups is 1. The molecule has 3 heteroatoms. The molecule has 3 nitrogen and oxygen atoms in total. The molecule has 0 atom stereocenters. The molecule has 0 aliphatic carbocycles. The molecule has 0 spiro atoms. The van der Waals surface area contributed by atoms with Gasteiger partial charge < -0.3 is 9.84 Å². The zero-order chi connectivity index (χ0) is 12.5. The molecule has 15 heavy (non-hydrogen) atoms. The van der Waals surface area contributed by atoms with Crippen molar-refractivity contribution in [2.24, 2.45) is 5.41 Å². The minimum atomic E-state index is -1.42. The van der Waals surface area contributed by atoms with Gasteiger partial charge in [0.15, 0.2) is 5.60 Å². The van der Waals surface area contributed by atoms with E-state index in [2.05, 4.69) is 20.8 Å². The number of aliphatic hydroxyl groups is 1. The van der Waals surface area contributed by atoms with Crippen LogP contribution in [0.4, 0.5) is 0 Å². The summed E-state index contributed by atoms with van der Waals surface area (Å²) in [7, 11) is 0. The van der Waals surface area contributed by atoms with Crippen molar-refractivity contribution in [3.8, 4) is 0 Å². The molecule has 1 N–H and O–H groups in total. The Bertz CT molecular complexity index is 228. The lowest BCUT2D eigenvalue weighted by atomic mass is 9.83. The summed E-state index contributed by atoms with van der Waals surface area (Å²) in [5.74, 6) is -0.572. The first kappa shape index (κ1) is 14.4. The maximum atomic E-state index is 11.5. The van der Waals surface area contributed by atoms with E-state index in [4.69, 9.17) is 4.74 Å². The first-order chi connectivity index (χ1) is 6.33. The van der Waals surface area contributed by atoms with Gasteiger partial charge in [0.25, 0.3) is 0 Å². The van der Waals surface area contributed by atoms with Crippen LogP contribution in [0.2, 0.25) is 0 Å². The Labute approximate surface area is 92.8 Å². The first-order valence-electron chi connectivity index (χ1n) is 5.29. The van der Waals surface area contributed by atoms with Crippen LogP contribution in [0.3, 0.4) is 0 Å². The molecule has 0 aromatic heterocycles. The number of hydrogen-bond acceptors (Lipinski definition) is 3. The monoisotopic (exact) mass is 216 g/mol. The third kappa shape index (κ3) is 6.50. The van der Waals surface area contributed by atoms with Crippen LogP contribution >= 0.6 is 0 Å². The van der Waals surface area contributed by atoms with Gasteiger partial charge in [0.05, 0.1) is 0 Å². The van der Waals surface area contributed by atoms with Gasteiger partial charge >= 0.3 is 5.97 Å². The van der Waals surface area contributed by atoms with Crippen LogP contribution in [0.15, 0.2) is 0 Å². The lowest BCUT2D eigenvalue weighted by Crippen LogP contribution is -2.41. The van der Waals surface area contributed by atoms with Crippen molar-refractivity contribution in [1.29, 1.82) is 0 Å². The standard InChI is InChI=1S/C12H24O3/c1-10(2,3)8-11(4,5)15-9(13)12(6,7)14/h14H,8H2,1-7H3. The SMILES string of the molecule is CC(C)(C)CC(C)(C)OC(=O)C(C)(C)O. The number of hydrogen-bond donors (Lipinski definition) is 1. The molecule has 0 radical (unpaired) electrons. The van der Waals surface area contributed by atoms with Gasteiger partial charge in [-0.1, -0.05) is 20.8 Å². The summed E-state index contributed by atoms with van der Waals surface area (Å²) in [6, 6.07) is 0. The Morgan fingerprint density at radius 2 is 1.47 bits per heavy atom. The minimum Gasteiger partial charge on any atom is -0.458 e. The summed E-state index contributed by atoms with van der Waals surface area (Å²) in [5.41, 5.74) is -1.88. The third-order valence-corrected chi connectivity index (χ3v) is 1.82. The summed E-state index contributed by atoms with van der Waals surface area (Å²) in [6.07, 6.45) is 0.752. The Hall–Kier alpha value is -0.570. The average molecular weight is 216 g/mol. The molecule has 0 saturated heterocycles. The first-order valence-corrected chi connectivity index (χ1v) is 5.29. The summed E-state index contributed by atoms with van der Waals surface area (Å²) in [5, 5.41) is 9.47. The smallest absolute Gasteiger partial charge is 0.338 e. The minimum absolute atomic E-state index is 0.0867. The van der Waals surface area contributed by atoms with Crippen LogP contribution in [-0.4, -0.2) is 22.3 Å². The van der Waals surface area contributed by atoms with E-state index < -0.39 is 17.2 Å². The number of carbonyl (C=O) groups excluding carboxylic acids is 1. The highest BCUT2D eigenvalue weighted by Crippen LogP contribution is 2.30. The molecule has 90 valence electrons. The zero-order valence-electron chi connectivity index (χ0n) is 11.0. The lowest BCUT2D eigenvalue weighted by molar-refractivity contribution is -0.177. The van der Waals surface area contributed by atoms with Crippen LogP contribution in [0, 0.1) is 5.41 Å². The lowest BCUT2D eigenvalue weighted by Gasteiger charge is -2.33. The van der Waals surface area contributed by atoms with Crippen LogP contribution < -0.4 is 0 Å². The van der Waals surface area contributed by atoms with Crippen molar-refractivity contribution in [3.63, 3.8) is 0 Å². The average Bonchev–Trinajstić information content (AvgIpc) is 1.76. The number of rotatable bonds is 3. The van der Waals surface area contributed by atoms with Crippen molar-refractivity contribution in [2.45, 2.75) is 66.1 Å². The van der Waals surface area contributed by atoms with Crippen molar-refractivity contribution < 1.29 is 14.6 Å². The number of esters is 1. The van der Waals surface area contributed by atoms with Gasteiger partial charge in [-0.25, -0.2) is 4.79 Å². The Morgan fingerprint density at radius 1 is 1.07 bits per heavy atom. The van der Waals surface area contributed by atoms with E-state index in [1.807, 2.05) is 13.8 Å². The predicted molar refractivity (Wildman–Crippen MR) is 60.5 cm³/mol. The normalized spacial score (nSPS) is 13.9. The predicted octanol–water partition coefficient (Wildman–Crippen LogP) is 2.52. The summed E-state index contributed by atoms with van der Waals surface area (Å²) >= 11 is 0. The van der Waals surface area contributed by atoms with Gasteiger partial charge in [-0.05, 0) is 39.5 Å². The van der Waals surface area contributed by atoms with Crippen molar-refractivity contribution in [3.05, 3.63) is 0 Å². The molecule has 0 bridgehead atoms. The zero-order valence-corrected chi connectivity index (χ0v) is 11.0. The van der Waals surface area contributed by atoms with Crippen LogP contribution in [0.25, 0.3) is 0 Å². The van der Waals surface area contributed by atoms with E-state index in [1.165, 1.54) is 13.8 Å². The second-order valence-electron chi connectivity index (χ2n) is 6.45.